The fraction of sp³-hybridized carbons (Fsp3) is 0.500. The first kappa shape index (κ1) is 13.6. The predicted octanol–water partition coefficient (Wildman–Crippen LogP) is 3.43. The summed E-state index contributed by atoms with van der Waals surface area (Å²) in [5.74, 6) is 0.0322. The van der Waals surface area contributed by atoms with Crippen molar-refractivity contribution in [3.63, 3.8) is 0 Å². The summed E-state index contributed by atoms with van der Waals surface area (Å²) in [6.45, 7) is 6.57. The first-order chi connectivity index (χ1) is 8.47. The van der Waals surface area contributed by atoms with Gasteiger partial charge in [0.05, 0.1) is 18.6 Å². The van der Waals surface area contributed by atoms with Gasteiger partial charge in [0.1, 0.15) is 0 Å². The molecule has 1 N–H and O–H groups in total. The molecule has 2 unspecified atom stereocenters. The molecule has 0 aromatic heterocycles. The van der Waals surface area contributed by atoms with E-state index in [9.17, 15) is 4.79 Å². The molecule has 98 valence electrons. The van der Waals surface area contributed by atoms with E-state index in [1.807, 2.05) is 32.9 Å². The highest BCUT2D eigenvalue weighted by atomic mass is 79.9. The number of hydrogen-bond donors (Lipinski definition) is 1. The Kier molecular flexibility index (Phi) is 4.07. The van der Waals surface area contributed by atoms with E-state index < -0.39 is 0 Å². The van der Waals surface area contributed by atoms with Gasteiger partial charge < -0.3 is 10.1 Å². The molecule has 2 rings (SSSR count). The minimum atomic E-state index is -0.0238. The van der Waals surface area contributed by atoms with Crippen LogP contribution in [0.25, 0.3) is 0 Å². The van der Waals surface area contributed by atoms with Crippen LogP contribution in [-0.2, 0) is 9.53 Å². The number of rotatable bonds is 2. The maximum absolute atomic E-state index is 12.1. The van der Waals surface area contributed by atoms with Crippen LogP contribution in [0, 0.1) is 19.8 Å². The van der Waals surface area contributed by atoms with Crippen molar-refractivity contribution in [3.05, 3.63) is 27.7 Å². The van der Waals surface area contributed by atoms with Gasteiger partial charge in [0, 0.05) is 10.2 Å². The Bertz CT molecular complexity index is 450. The van der Waals surface area contributed by atoms with Crippen LogP contribution in [0.3, 0.4) is 0 Å². The first-order valence-corrected chi connectivity index (χ1v) is 6.96. The Morgan fingerprint density at radius 2 is 2.00 bits per heavy atom. The van der Waals surface area contributed by atoms with Crippen molar-refractivity contribution in [2.45, 2.75) is 33.3 Å². The van der Waals surface area contributed by atoms with Gasteiger partial charge in [-0.1, -0.05) is 15.9 Å². The van der Waals surface area contributed by atoms with Gasteiger partial charge in [-0.2, -0.15) is 0 Å². The minimum absolute atomic E-state index is 0.0238. The Morgan fingerprint density at radius 3 is 2.50 bits per heavy atom. The van der Waals surface area contributed by atoms with E-state index in [4.69, 9.17) is 4.74 Å². The summed E-state index contributed by atoms with van der Waals surface area (Å²) in [4.78, 5) is 12.1. The van der Waals surface area contributed by atoms with E-state index in [1.165, 1.54) is 0 Å². The molecule has 0 saturated carbocycles. The van der Waals surface area contributed by atoms with Crippen LogP contribution in [0.4, 0.5) is 5.69 Å². The van der Waals surface area contributed by atoms with E-state index in [2.05, 4.69) is 21.2 Å². The Labute approximate surface area is 116 Å². The maximum atomic E-state index is 12.1. The second kappa shape index (κ2) is 5.41. The largest absolute Gasteiger partial charge is 0.378 e. The summed E-state index contributed by atoms with van der Waals surface area (Å²) >= 11 is 3.52. The number of aryl methyl sites for hydroxylation is 2. The lowest BCUT2D eigenvalue weighted by molar-refractivity contribution is -0.119. The normalized spacial score (nSPS) is 23.1. The second-order valence-electron chi connectivity index (χ2n) is 4.99. The molecule has 18 heavy (non-hydrogen) atoms. The molecule has 1 heterocycles. The van der Waals surface area contributed by atoms with Crippen molar-refractivity contribution in [2.75, 3.05) is 11.9 Å². The number of halogens is 1. The zero-order chi connectivity index (χ0) is 13.3. The number of nitrogens with one attached hydrogen (secondary N) is 1. The summed E-state index contributed by atoms with van der Waals surface area (Å²) in [7, 11) is 0. The SMILES string of the molecule is Cc1cc(NC(=O)C2COC(C)C2)cc(C)c1Br. The molecule has 1 aliphatic rings. The Hall–Kier alpha value is -0.870. The van der Waals surface area contributed by atoms with Crippen LogP contribution < -0.4 is 5.32 Å². The van der Waals surface area contributed by atoms with E-state index >= 15 is 0 Å². The molecular formula is C14H18BrNO2. The second-order valence-corrected chi connectivity index (χ2v) is 5.78. The zero-order valence-corrected chi connectivity index (χ0v) is 12.5. The van der Waals surface area contributed by atoms with E-state index in [1.54, 1.807) is 0 Å². The van der Waals surface area contributed by atoms with E-state index in [-0.39, 0.29) is 17.9 Å². The van der Waals surface area contributed by atoms with Gasteiger partial charge in [-0.15, -0.1) is 0 Å². The zero-order valence-electron chi connectivity index (χ0n) is 10.9. The molecule has 1 aromatic carbocycles. The fourth-order valence-corrected chi connectivity index (χ4v) is 2.49. The average Bonchev–Trinajstić information content (AvgIpc) is 2.72. The molecule has 1 fully saturated rings. The standard InChI is InChI=1S/C14H18BrNO2/c1-8-4-12(5-9(2)13(8)15)16-14(17)11-6-10(3)18-7-11/h4-5,10-11H,6-7H2,1-3H3,(H,16,17). The molecule has 0 radical (unpaired) electrons. The summed E-state index contributed by atoms with van der Waals surface area (Å²) in [5.41, 5.74) is 3.11. The lowest BCUT2D eigenvalue weighted by Crippen LogP contribution is -2.23. The van der Waals surface area contributed by atoms with Gasteiger partial charge in [0.2, 0.25) is 5.91 Å². The summed E-state index contributed by atoms with van der Waals surface area (Å²) in [6, 6.07) is 3.96. The lowest BCUT2D eigenvalue weighted by atomic mass is 10.0. The van der Waals surface area contributed by atoms with Crippen molar-refractivity contribution in [1.82, 2.24) is 0 Å². The van der Waals surface area contributed by atoms with Crippen LogP contribution in [0.5, 0.6) is 0 Å². The molecule has 0 bridgehead atoms. The van der Waals surface area contributed by atoms with Gasteiger partial charge in [-0.3, -0.25) is 4.79 Å². The van der Waals surface area contributed by atoms with Crippen molar-refractivity contribution in [1.29, 1.82) is 0 Å². The molecule has 0 spiro atoms. The number of carbonyl (C=O) groups is 1. The smallest absolute Gasteiger partial charge is 0.229 e. The van der Waals surface area contributed by atoms with Crippen LogP contribution >= 0.6 is 15.9 Å². The van der Waals surface area contributed by atoms with Gasteiger partial charge in [0.25, 0.3) is 0 Å². The number of benzene rings is 1. The van der Waals surface area contributed by atoms with E-state index in [0.29, 0.717) is 6.61 Å². The number of amides is 1. The summed E-state index contributed by atoms with van der Waals surface area (Å²) in [5, 5.41) is 2.97. The molecule has 1 saturated heterocycles. The van der Waals surface area contributed by atoms with Crippen LogP contribution in [-0.4, -0.2) is 18.6 Å². The topological polar surface area (TPSA) is 38.3 Å². The summed E-state index contributed by atoms with van der Waals surface area (Å²) in [6.07, 6.45) is 0.995. The van der Waals surface area contributed by atoms with Gasteiger partial charge in [0.15, 0.2) is 0 Å². The molecule has 4 heteroatoms. The highest BCUT2D eigenvalue weighted by molar-refractivity contribution is 9.10. The third-order valence-corrected chi connectivity index (χ3v) is 4.52. The number of hydrogen-bond acceptors (Lipinski definition) is 2. The predicted molar refractivity (Wildman–Crippen MR) is 75.8 cm³/mol. The van der Waals surface area contributed by atoms with Crippen molar-refractivity contribution < 1.29 is 9.53 Å². The highest BCUT2D eigenvalue weighted by Gasteiger charge is 2.28. The van der Waals surface area contributed by atoms with Gasteiger partial charge in [-0.25, -0.2) is 0 Å². The first-order valence-electron chi connectivity index (χ1n) is 6.16. The Morgan fingerprint density at radius 1 is 1.39 bits per heavy atom. The monoisotopic (exact) mass is 311 g/mol. The third kappa shape index (κ3) is 2.93. The van der Waals surface area contributed by atoms with Crippen LogP contribution in [0.15, 0.2) is 16.6 Å². The van der Waals surface area contributed by atoms with Crippen molar-refractivity contribution in [3.8, 4) is 0 Å². The molecular weight excluding hydrogens is 294 g/mol. The van der Waals surface area contributed by atoms with Crippen LogP contribution in [0.2, 0.25) is 0 Å². The van der Waals surface area contributed by atoms with Crippen molar-refractivity contribution in [2.24, 2.45) is 5.92 Å². The van der Waals surface area contributed by atoms with Gasteiger partial charge in [-0.05, 0) is 50.5 Å². The maximum Gasteiger partial charge on any atom is 0.229 e. The number of ether oxygens (including phenoxy) is 1. The Balaban J connectivity index is 2.07. The van der Waals surface area contributed by atoms with Crippen LogP contribution in [0.1, 0.15) is 24.5 Å². The molecule has 1 aromatic rings. The lowest BCUT2D eigenvalue weighted by Gasteiger charge is -2.12. The molecule has 0 aliphatic carbocycles. The fourth-order valence-electron chi connectivity index (χ4n) is 2.26. The quantitative estimate of drug-likeness (QED) is 0.908. The number of anilines is 1. The molecule has 2 atom stereocenters. The van der Waals surface area contributed by atoms with Gasteiger partial charge >= 0.3 is 0 Å². The molecule has 3 nitrogen and oxygen atoms in total. The number of carbonyl (C=O) groups excluding carboxylic acids is 1. The highest BCUT2D eigenvalue weighted by Crippen LogP contribution is 2.26. The minimum Gasteiger partial charge on any atom is -0.378 e. The summed E-state index contributed by atoms with van der Waals surface area (Å²) < 4.78 is 6.52. The van der Waals surface area contributed by atoms with E-state index in [0.717, 1.165) is 27.7 Å². The average molecular weight is 312 g/mol. The molecule has 1 aliphatic heterocycles. The molecule has 1 amide bonds. The van der Waals surface area contributed by atoms with Crippen molar-refractivity contribution >= 4 is 27.5 Å². The third-order valence-electron chi connectivity index (χ3n) is 3.27.